The maximum atomic E-state index is 12.4. The van der Waals surface area contributed by atoms with Crippen molar-refractivity contribution in [1.29, 1.82) is 0 Å². The normalized spacial score (nSPS) is 11.8. The zero-order valence-corrected chi connectivity index (χ0v) is 19.2. The molecule has 3 aromatic heterocycles. The molecule has 1 aromatic carbocycles. The topological polar surface area (TPSA) is 154 Å². The molecule has 1 atom stereocenters. The van der Waals surface area contributed by atoms with E-state index in [0.717, 1.165) is 16.7 Å². The Morgan fingerprint density at radius 3 is 2.66 bits per heavy atom. The first-order chi connectivity index (χ1) is 16.9. The van der Waals surface area contributed by atoms with Crippen LogP contribution in [0.25, 0.3) is 22.6 Å². The molecule has 0 aliphatic rings. The number of nitrogens with zero attached hydrogens (tertiary/aromatic N) is 6. The zero-order valence-electron chi connectivity index (χ0n) is 19.2. The molecule has 4 rings (SSSR count). The van der Waals surface area contributed by atoms with Gasteiger partial charge in [0.1, 0.15) is 0 Å². The monoisotopic (exact) mass is 476 g/mol. The molecule has 11 heteroatoms. The Labute approximate surface area is 200 Å². The fraction of sp³-hybridized carbons (Fsp3) is 0.250. The van der Waals surface area contributed by atoms with Gasteiger partial charge in [0.15, 0.2) is 17.6 Å². The van der Waals surface area contributed by atoms with Crippen molar-refractivity contribution >= 4 is 5.97 Å². The van der Waals surface area contributed by atoms with Crippen LogP contribution in [0.2, 0.25) is 0 Å². The predicted molar refractivity (Wildman–Crippen MR) is 129 cm³/mol. The van der Waals surface area contributed by atoms with Gasteiger partial charge in [-0.2, -0.15) is 10.2 Å². The Kier molecular flexibility index (Phi) is 7.27. The molecule has 0 aliphatic carbocycles. The number of rotatable bonds is 10. The van der Waals surface area contributed by atoms with Crippen LogP contribution in [-0.4, -0.2) is 53.3 Å². The summed E-state index contributed by atoms with van der Waals surface area (Å²) in [6.07, 6.45) is 7.64. The molecule has 11 nitrogen and oxygen atoms in total. The molecule has 35 heavy (non-hydrogen) atoms. The molecule has 4 N–H and O–H groups in total. The van der Waals surface area contributed by atoms with Crippen LogP contribution >= 0.6 is 0 Å². The number of ether oxygens (including phenoxy) is 1. The van der Waals surface area contributed by atoms with Crippen molar-refractivity contribution in [3.8, 4) is 28.4 Å². The Bertz CT molecular complexity index is 1360. The van der Waals surface area contributed by atoms with E-state index in [1.54, 1.807) is 29.3 Å². The van der Waals surface area contributed by atoms with E-state index >= 15 is 0 Å². The van der Waals surface area contributed by atoms with Crippen molar-refractivity contribution in [2.75, 3.05) is 6.61 Å². The van der Waals surface area contributed by atoms with E-state index in [-0.39, 0.29) is 5.56 Å². The van der Waals surface area contributed by atoms with Crippen molar-refractivity contribution in [3.05, 3.63) is 77.1 Å². The summed E-state index contributed by atoms with van der Waals surface area (Å²) in [4.78, 5) is 32.0. The third-order valence-electron chi connectivity index (χ3n) is 5.28. The lowest BCUT2D eigenvalue weighted by molar-refractivity contribution is -0.138. The highest BCUT2D eigenvalue weighted by Gasteiger charge is 2.18. The molecule has 0 bridgehead atoms. The summed E-state index contributed by atoms with van der Waals surface area (Å²) in [5.74, 6) is 0.242. The van der Waals surface area contributed by atoms with Crippen molar-refractivity contribution < 1.29 is 14.6 Å². The predicted octanol–water partition coefficient (Wildman–Crippen LogP) is 0.887. The van der Waals surface area contributed by atoms with Crippen LogP contribution in [0.4, 0.5) is 0 Å². The van der Waals surface area contributed by atoms with Crippen LogP contribution < -0.4 is 16.0 Å². The van der Waals surface area contributed by atoms with Crippen LogP contribution in [0.15, 0.2) is 66.0 Å². The highest BCUT2D eigenvalue weighted by atomic mass is 16.5. The van der Waals surface area contributed by atoms with E-state index in [9.17, 15) is 9.59 Å². The Morgan fingerprint density at radius 1 is 1.14 bits per heavy atom. The zero-order chi connectivity index (χ0) is 24.8. The van der Waals surface area contributed by atoms with Crippen molar-refractivity contribution in [2.24, 2.45) is 12.8 Å². The second-order valence-electron chi connectivity index (χ2n) is 8.02. The molecular weight excluding hydrogens is 450 g/mol. The molecule has 180 valence electrons. The molecule has 0 unspecified atom stereocenters. The third kappa shape index (κ3) is 6.15. The molecular formula is C24H26N7O4+. The summed E-state index contributed by atoms with van der Waals surface area (Å²) < 4.78 is 8.69. The average Bonchev–Trinajstić information content (AvgIpc) is 3.30. The van der Waals surface area contributed by atoms with E-state index in [0.29, 0.717) is 43.3 Å². The number of benzene rings is 1. The second kappa shape index (κ2) is 10.7. The van der Waals surface area contributed by atoms with Crippen LogP contribution in [0.3, 0.4) is 0 Å². The largest absolute Gasteiger partial charge is 0.564 e. The SMILES string of the molecule is Cn1cc(-c2ccc(=O)n(Cc3cccc(-c4ncc(OCCC[C@H](N)C(=O)[OH2+])cn4)c3)n2)cn1. The van der Waals surface area contributed by atoms with Gasteiger partial charge in [0.05, 0.1) is 37.4 Å². The molecule has 4 aromatic rings. The van der Waals surface area contributed by atoms with E-state index in [2.05, 4.69) is 20.2 Å². The van der Waals surface area contributed by atoms with Gasteiger partial charge in [-0.1, -0.05) is 18.2 Å². The van der Waals surface area contributed by atoms with E-state index in [1.807, 2.05) is 37.5 Å². The minimum atomic E-state index is -0.784. The molecule has 0 fully saturated rings. The number of carbonyl (C=O) groups excluding carboxylic acids is 1. The van der Waals surface area contributed by atoms with Crippen molar-refractivity contribution in [1.82, 2.24) is 29.5 Å². The lowest BCUT2D eigenvalue weighted by atomic mass is 10.1. The average molecular weight is 477 g/mol. The second-order valence-corrected chi connectivity index (χ2v) is 8.02. The van der Waals surface area contributed by atoms with Crippen LogP contribution in [-0.2, 0) is 18.4 Å². The first-order valence-electron chi connectivity index (χ1n) is 11.0. The van der Waals surface area contributed by atoms with Gasteiger partial charge < -0.3 is 15.6 Å². The molecule has 0 spiro atoms. The number of hydrogen-bond acceptors (Lipinski definition) is 8. The summed E-state index contributed by atoms with van der Waals surface area (Å²) in [6, 6.07) is 10.0. The highest BCUT2D eigenvalue weighted by molar-refractivity contribution is 5.72. The molecule has 0 saturated carbocycles. The van der Waals surface area contributed by atoms with Crippen LogP contribution in [0.1, 0.15) is 18.4 Å². The summed E-state index contributed by atoms with van der Waals surface area (Å²) in [5.41, 5.74) is 8.52. The van der Waals surface area contributed by atoms with Crippen LogP contribution in [0, 0.1) is 0 Å². The number of aryl methyl sites for hydroxylation is 1. The highest BCUT2D eigenvalue weighted by Crippen LogP contribution is 2.19. The summed E-state index contributed by atoms with van der Waals surface area (Å²) in [6.45, 7) is 0.643. The van der Waals surface area contributed by atoms with Gasteiger partial charge in [0, 0.05) is 35.2 Å². The Morgan fingerprint density at radius 2 is 1.94 bits per heavy atom. The van der Waals surface area contributed by atoms with Gasteiger partial charge in [-0.3, -0.25) is 9.48 Å². The van der Waals surface area contributed by atoms with E-state index in [1.165, 1.54) is 10.7 Å². The summed E-state index contributed by atoms with van der Waals surface area (Å²) in [7, 11) is 1.83. The van der Waals surface area contributed by atoms with Crippen LogP contribution in [0.5, 0.6) is 5.75 Å². The number of hydrogen-bond donors (Lipinski definition) is 1. The molecule has 3 heterocycles. The maximum Gasteiger partial charge on any atom is 0.532 e. The Balaban J connectivity index is 1.42. The van der Waals surface area contributed by atoms with Gasteiger partial charge >= 0.3 is 5.97 Å². The smallest absolute Gasteiger partial charge is 0.532 e. The molecule has 0 radical (unpaired) electrons. The van der Waals surface area contributed by atoms with Gasteiger partial charge in [-0.25, -0.2) is 14.6 Å². The lowest BCUT2D eigenvalue weighted by Crippen LogP contribution is -2.30. The fourth-order valence-electron chi connectivity index (χ4n) is 3.42. The van der Waals surface area contributed by atoms with Gasteiger partial charge in [-0.05, 0) is 30.5 Å². The first-order valence-corrected chi connectivity index (χ1v) is 11.0. The van der Waals surface area contributed by atoms with E-state index < -0.39 is 12.0 Å². The summed E-state index contributed by atoms with van der Waals surface area (Å²) >= 11 is 0. The minimum Gasteiger partial charge on any atom is -0.564 e. The van der Waals surface area contributed by atoms with Crippen molar-refractivity contribution in [2.45, 2.75) is 25.4 Å². The minimum absolute atomic E-state index is 0.200. The number of aromatic nitrogens is 6. The fourth-order valence-corrected chi connectivity index (χ4v) is 3.42. The van der Waals surface area contributed by atoms with Gasteiger partial charge in [0.2, 0.25) is 0 Å². The third-order valence-corrected chi connectivity index (χ3v) is 5.28. The summed E-state index contributed by atoms with van der Waals surface area (Å²) in [5, 5.41) is 15.6. The van der Waals surface area contributed by atoms with Crippen molar-refractivity contribution in [3.63, 3.8) is 0 Å². The van der Waals surface area contributed by atoms with Gasteiger partial charge in [-0.15, -0.1) is 0 Å². The van der Waals surface area contributed by atoms with Gasteiger partial charge in [0.25, 0.3) is 5.56 Å². The maximum absolute atomic E-state index is 12.4. The number of nitrogens with two attached hydrogens (primary N) is 1. The molecule has 0 aliphatic heterocycles. The lowest BCUT2D eigenvalue weighted by Gasteiger charge is -2.09. The quantitative estimate of drug-likeness (QED) is 0.261. The molecule has 0 saturated heterocycles. The first kappa shape index (κ1) is 23.8. The molecule has 0 amide bonds. The van der Waals surface area contributed by atoms with E-state index in [4.69, 9.17) is 15.6 Å². The number of carbonyl (C=O) groups is 1. The standard InChI is InChI=1S/C24H25N7O4/c1-30-15-18(11-28-30)21-7-8-22(32)31(29-21)14-16-4-2-5-17(10-16)23-26-12-19(13-27-23)35-9-3-6-20(25)24(33)34/h2,4-5,7-8,10-13,15,20H,3,6,9,14,25H2,1H3,(H,33,34)/p+1/t20-/m0/s1. The Hall–Kier alpha value is -4.38.